The van der Waals surface area contributed by atoms with E-state index in [0.29, 0.717) is 11.1 Å². The predicted molar refractivity (Wildman–Crippen MR) is 80.1 cm³/mol. The van der Waals surface area contributed by atoms with E-state index in [1.807, 2.05) is 12.1 Å². The Morgan fingerprint density at radius 3 is 1.67 bits per heavy atom. The van der Waals surface area contributed by atoms with Gasteiger partial charge in [0.2, 0.25) is 0 Å². The van der Waals surface area contributed by atoms with Crippen molar-refractivity contribution in [2.45, 2.75) is 25.3 Å². The Morgan fingerprint density at radius 2 is 1.19 bits per heavy atom. The number of hydrogen-bond donors (Lipinski definition) is 0. The minimum atomic E-state index is -0.340. The molecule has 0 unspecified atom stereocenters. The largest absolute Gasteiger partial charge is 0.292 e. The van der Waals surface area contributed by atoms with E-state index in [2.05, 4.69) is 4.90 Å². The molecule has 3 heteroatoms. The molecule has 0 radical (unpaired) electrons. The number of hydrogen-bond acceptors (Lipinski definition) is 1. The van der Waals surface area contributed by atoms with Gasteiger partial charge in [-0.15, -0.1) is 0 Å². The number of nitrogens with zero attached hydrogens (tertiary/aromatic N) is 1. The summed E-state index contributed by atoms with van der Waals surface area (Å²) in [5.74, 6) is -0.535. The number of rotatable bonds is 3. The van der Waals surface area contributed by atoms with Crippen molar-refractivity contribution in [2.24, 2.45) is 0 Å². The molecule has 110 valence electrons. The van der Waals surface area contributed by atoms with E-state index in [1.165, 1.54) is 18.6 Å². The molecule has 0 atom stereocenters. The molecule has 0 aliphatic carbocycles. The highest BCUT2D eigenvalue weighted by molar-refractivity contribution is 5.33. The van der Waals surface area contributed by atoms with Gasteiger partial charge in [0.15, 0.2) is 0 Å². The van der Waals surface area contributed by atoms with Gasteiger partial charge in [-0.05, 0) is 38.1 Å². The smallest absolute Gasteiger partial charge is 0.128 e. The molecule has 2 aromatic rings. The van der Waals surface area contributed by atoms with Crippen LogP contribution in [0.3, 0.4) is 0 Å². The molecule has 1 nitrogen and oxygen atoms in total. The first-order chi connectivity index (χ1) is 10.3. The van der Waals surface area contributed by atoms with Gasteiger partial charge in [0.1, 0.15) is 11.6 Å². The third-order valence-corrected chi connectivity index (χ3v) is 4.16. The fraction of sp³-hybridized carbons (Fsp3) is 0.333. The summed E-state index contributed by atoms with van der Waals surface area (Å²) in [7, 11) is 0. The van der Waals surface area contributed by atoms with Crippen molar-refractivity contribution >= 4 is 0 Å². The van der Waals surface area contributed by atoms with Crippen LogP contribution in [0.25, 0.3) is 0 Å². The number of piperidine rings is 1. The lowest BCUT2D eigenvalue weighted by Crippen LogP contribution is -2.35. The zero-order valence-corrected chi connectivity index (χ0v) is 11.9. The Kier molecular flexibility index (Phi) is 4.30. The summed E-state index contributed by atoms with van der Waals surface area (Å²) in [5.41, 5.74) is 1.12. The zero-order valence-electron chi connectivity index (χ0n) is 11.9. The molecular weight excluding hydrogens is 268 g/mol. The Bertz CT molecular complexity index is 560. The Morgan fingerprint density at radius 1 is 0.714 bits per heavy atom. The topological polar surface area (TPSA) is 3.24 Å². The summed E-state index contributed by atoms with van der Waals surface area (Å²) in [5, 5.41) is 0. The minimum absolute atomic E-state index is 0.267. The highest BCUT2D eigenvalue weighted by Gasteiger charge is 2.27. The van der Waals surface area contributed by atoms with Gasteiger partial charge in [0.25, 0.3) is 0 Å². The first kappa shape index (κ1) is 14.2. The van der Waals surface area contributed by atoms with Crippen LogP contribution >= 0.6 is 0 Å². The summed E-state index contributed by atoms with van der Waals surface area (Å²) in [6.45, 7) is 1.76. The maximum atomic E-state index is 14.3. The van der Waals surface area contributed by atoms with Crippen LogP contribution < -0.4 is 0 Å². The molecule has 2 aromatic carbocycles. The second-order valence-corrected chi connectivity index (χ2v) is 5.54. The number of halogens is 2. The minimum Gasteiger partial charge on any atom is -0.292 e. The molecule has 1 saturated heterocycles. The van der Waals surface area contributed by atoms with Crippen molar-refractivity contribution in [2.75, 3.05) is 13.1 Å². The van der Waals surface area contributed by atoms with Gasteiger partial charge in [-0.1, -0.05) is 42.8 Å². The van der Waals surface area contributed by atoms with Crippen molar-refractivity contribution in [1.29, 1.82) is 0 Å². The van der Waals surface area contributed by atoms with E-state index < -0.39 is 0 Å². The molecule has 0 N–H and O–H groups in total. The molecule has 0 amide bonds. The molecule has 21 heavy (non-hydrogen) atoms. The van der Waals surface area contributed by atoms with Gasteiger partial charge in [-0.25, -0.2) is 8.78 Å². The van der Waals surface area contributed by atoms with Gasteiger partial charge < -0.3 is 0 Å². The molecular formula is C18H19F2N. The molecule has 1 fully saturated rings. The first-order valence-electron chi connectivity index (χ1n) is 7.50. The fourth-order valence-electron chi connectivity index (χ4n) is 3.13. The van der Waals surface area contributed by atoms with E-state index >= 15 is 0 Å². The van der Waals surface area contributed by atoms with Crippen LogP contribution in [-0.2, 0) is 0 Å². The molecule has 1 aliphatic rings. The summed E-state index contributed by atoms with van der Waals surface area (Å²) in [6.07, 6.45) is 3.36. The lowest BCUT2D eigenvalue weighted by atomic mass is 9.94. The van der Waals surface area contributed by atoms with Crippen molar-refractivity contribution in [3.63, 3.8) is 0 Å². The standard InChI is InChI=1S/C18H19F2N/c19-16-10-4-2-8-14(16)18(21-12-6-1-7-13-21)15-9-3-5-11-17(15)20/h2-5,8-11,18H,1,6-7,12-13H2. The predicted octanol–water partition coefficient (Wildman–Crippen LogP) is 4.54. The van der Waals surface area contributed by atoms with Crippen LogP contribution in [0.1, 0.15) is 36.4 Å². The maximum absolute atomic E-state index is 14.3. The monoisotopic (exact) mass is 287 g/mol. The van der Waals surface area contributed by atoms with Gasteiger partial charge in [0.05, 0.1) is 6.04 Å². The third kappa shape index (κ3) is 2.98. The number of benzene rings is 2. The van der Waals surface area contributed by atoms with E-state index in [1.54, 1.807) is 24.3 Å². The molecule has 1 heterocycles. The van der Waals surface area contributed by atoms with Gasteiger partial charge in [-0.2, -0.15) is 0 Å². The normalized spacial score (nSPS) is 16.3. The first-order valence-corrected chi connectivity index (χ1v) is 7.50. The highest BCUT2D eigenvalue weighted by Crippen LogP contribution is 2.33. The van der Waals surface area contributed by atoms with Gasteiger partial charge in [-0.3, -0.25) is 4.90 Å². The van der Waals surface area contributed by atoms with E-state index in [4.69, 9.17) is 0 Å². The van der Waals surface area contributed by atoms with Gasteiger partial charge >= 0.3 is 0 Å². The molecule has 3 rings (SSSR count). The molecule has 0 bridgehead atoms. The second-order valence-electron chi connectivity index (χ2n) is 5.54. The lowest BCUT2D eigenvalue weighted by molar-refractivity contribution is 0.181. The third-order valence-electron chi connectivity index (χ3n) is 4.16. The van der Waals surface area contributed by atoms with E-state index in [9.17, 15) is 8.78 Å². The number of likely N-dealkylation sites (tertiary alicyclic amines) is 1. The summed E-state index contributed by atoms with van der Waals surface area (Å²) in [6, 6.07) is 13.1. The van der Waals surface area contributed by atoms with Crippen molar-refractivity contribution < 1.29 is 8.78 Å². The van der Waals surface area contributed by atoms with Crippen LogP contribution in [0.15, 0.2) is 48.5 Å². The molecule has 0 saturated carbocycles. The van der Waals surface area contributed by atoms with Crippen LogP contribution in [0.2, 0.25) is 0 Å². The van der Waals surface area contributed by atoms with Crippen LogP contribution in [0.5, 0.6) is 0 Å². The SMILES string of the molecule is Fc1ccccc1C(c1ccccc1F)N1CCCCC1. The highest BCUT2D eigenvalue weighted by atomic mass is 19.1. The van der Waals surface area contributed by atoms with Crippen molar-refractivity contribution in [1.82, 2.24) is 4.90 Å². The fourth-order valence-corrected chi connectivity index (χ4v) is 3.13. The molecule has 0 spiro atoms. The Balaban J connectivity index is 2.07. The van der Waals surface area contributed by atoms with E-state index in [-0.39, 0.29) is 17.7 Å². The van der Waals surface area contributed by atoms with Crippen LogP contribution in [0.4, 0.5) is 8.78 Å². The summed E-state index contributed by atoms with van der Waals surface area (Å²) >= 11 is 0. The van der Waals surface area contributed by atoms with E-state index in [0.717, 1.165) is 25.9 Å². The quantitative estimate of drug-likeness (QED) is 0.801. The summed E-state index contributed by atoms with van der Waals surface area (Å²) in [4.78, 5) is 2.19. The average Bonchev–Trinajstić information content (AvgIpc) is 2.52. The molecule has 0 aromatic heterocycles. The van der Waals surface area contributed by atoms with Crippen molar-refractivity contribution in [3.05, 3.63) is 71.3 Å². The maximum Gasteiger partial charge on any atom is 0.128 e. The average molecular weight is 287 g/mol. The second kappa shape index (κ2) is 6.35. The zero-order chi connectivity index (χ0) is 14.7. The van der Waals surface area contributed by atoms with Gasteiger partial charge in [0, 0.05) is 11.1 Å². The Hall–Kier alpha value is -1.74. The summed E-state index contributed by atoms with van der Waals surface area (Å²) < 4.78 is 28.5. The van der Waals surface area contributed by atoms with Crippen molar-refractivity contribution in [3.8, 4) is 0 Å². The van der Waals surface area contributed by atoms with Crippen LogP contribution in [0, 0.1) is 11.6 Å². The molecule has 1 aliphatic heterocycles. The Labute approximate surface area is 124 Å². The lowest BCUT2D eigenvalue weighted by Gasteiger charge is -2.35. The van der Waals surface area contributed by atoms with Crippen LogP contribution in [-0.4, -0.2) is 18.0 Å².